The minimum absolute atomic E-state index is 0.411. The number of benzene rings is 1. The molecule has 3 heteroatoms. The second kappa shape index (κ2) is 7.10. The van der Waals surface area contributed by atoms with E-state index in [-0.39, 0.29) is 0 Å². The lowest BCUT2D eigenvalue weighted by molar-refractivity contribution is 0.260. The van der Waals surface area contributed by atoms with Crippen LogP contribution in [0.25, 0.3) is 10.9 Å². The van der Waals surface area contributed by atoms with Crippen molar-refractivity contribution in [2.45, 2.75) is 32.7 Å². The van der Waals surface area contributed by atoms with E-state index >= 15 is 0 Å². The highest BCUT2D eigenvalue weighted by molar-refractivity contribution is 5.84. The maximum atomic E-state index is 5.96. The van der Waals surface area contributed by atoms with E-state index in [9.17, 15) is 0 Å². The van der Waals surface area contributed by atoms with Gasteiger partial charge < -0.3 is 10.1 Å². The van der Waals surface area contributed by atoms with E-state index < -0.39 is 0 Å². The highest BCUT2D eigenvalue weighted by Gasteiger charge is 2.08. The van der Waals surface area contributed by atoms with Crippen LogP contribution in [0, 0.1) is 0 Å². The smallest absolute Gasteiger partial charge is 0.145 e. The summed E-state index contributed by atoms with van der Waals surface area (Å²) in [6.07, 6.45) is 4.10. The molecule has 1 unspecified atom stereocenters. The number of nitrogens with zero attached hydrogens (tertiary/aromatic N) is 1. The molecule has 0 aliphatic heterocycles. The molecular weight excluding hydrogens is 236 g/mol. The number of nitrogens with one attached hydrogen (secondary N) is 1. The summed E-state index contributed by atoms with van der Waals surface area (Å²) < 4.78 is 5.96. The molecule has 0 saturated carbocycles. The van der Waals surface area contributed by atoms with Gasteiger partial charge in [0.15, 0.2) is 0 Å². The van der Waals surface area contributed by atoms with E-state index in [0.29, 0.717) is 12.6 Å². The Balaban J connectivity index is 2.08. The van der Waals surface area contributed by atoms with E-state index in [1.54, 1.807) is 0 Å². The summed E-state index contributed by atoms with van der Waals surface area (Å²) in [5, 5.41) is 4.58. The third-order valence-corrected chi connectivity index (χ3v) is 3.17. The second-order valence-electron chi connectivity index (χ2n) is 4.69. The van der Waals surface area contributed by atoms with Crippen molar-refractivity contribution < 1.29 is 4.74 Å². The molecule has 0 spiro atoms. The molecule has 0 saturated heterocycles. The lowest BCUT2D eigenvalue weighted by Gasteiger charge is -2.18. The van der Waals surface area contributed by atoms with Gasteiger partial charge in [0.1, 0.15) is 17.9 Å². The van der Waals surface area contributed by atoms with Crippen LogP contribution in [0.15, 0.2) is 36.5 Å². The first-order valence-electron chi connectivity index (χ1n) is 7.05. The van der Waals surface area contributed by atoms with Crippen LogP contribution in [-0.2, 0) is 0 Å². The van der Waals surface area contributed by atoms with Crippen LogP contribution in [0.5, 0.6) is 5.75 Å². The SMILES string of the molecule is CCCC(COc1cccc2cccnc12)NCC. The van der Waals surface area contributed by atoms with E-state index in [4.69, 9.17) is 4.74 Å². The molecule has 3 nitrogen and oxygen atoms in total. The number of likely N-dealkylation sites (N-methyl/N-ethyl adjacent to an activating group) is 1. The Morgan fingerprint density at radius 2 is 2.05 bits per heavy atom. The van der Waals surface area contributed by atoms with E-state index in [1.165, 1.54) is 0 Å². The molecule has 0 aliphatic carbocycles. The Bertz CT molecular complexity index is 502. The minimum Gasteiger partial charge on any atom is -0.490 e. The topological polar surface area (TPSA) is 34.1 Å². The highest BCUT2D eigenvalue weighted by Crippen LogP contribution is 2.23. The lowest BCUT2D eigenvalue weighted by Crippen LogP contribution is -2.34. The average molecular weight is 258 g/mol. The Morgan fingerprint density at radius 1 is 1.21 bits per heavy atom. The van der Waals surface area contributed by atoms with Gasteiger partial charge in [-0.3, -0.25) is 4.98 Å². The van der Waals surface area contributed by atoms with Gasteiger partial charge in [-0.05, 0) is 25.1 Å². The Hall–Kier alpha value is -1.61. The number of ether oxygens (including phenoxy) is 1. The summed E-state index contributed by atoms with van der Waals surface area (Å²) in [4.78, 5) is 4.41. The molecule has 1 atom stereocenters. The van der Waals surface area contributed by atoms with Crippen molar-refractivity contribution in [2.24, 2.45) is 0 Å². The van der Waals surface area contributed by atoms with Crippen LogP contribution in [-0.4, -0.2) is 24.2 Å². The van der Waals surface area contributed by atoms with Crippen LogP contribution in [0.1, 0.15) is 26.7 Å². The highest BCUT2D eigenvalue weighted by atomic mass is 16.5. The standard InChI is InChI=1S/C16H22N2O/c1-3-7-14(17-4-2)12-19-15-10-5-8-13-9-6-11-18-16(13)15/h5-6,8-11,14,17H,3-4,7,12H2,1-2H3. The Labute approximate surface area is 115 Å². The summed E-state index contributed by atoms with van der Waals surface area (Å²) in [5.41, 5.74) is 0.941. The first-order valence-corrected chi connectivity index (χ1v) is 7.05. The summed E-state index contributed by atoms with van der Waals surface area (Å²) in [7, 11) is 0. The minimum atomic E-state index is 0.411. The number of hydrogen-bond donors (Lipinski definition) is 1. The van der Waals surface area contributed by atoms with Crippen LogP contribution >= 0.6 is 0 Å². The third kappa shape index (κ3) is 3.67. The summed E-state index contributed by atoms with van der Waals surface area (Å²) in [5.74, 6) is 0.872. The molecule has 1 N–H and O–H groups in total. The van der Waals surface area contributed by atoms with Gasteiger partial charge in [0.25, 0.3) is 0 Å². The third-order valence-electron chi connectivity index (χ3n) is 3.17. The van der Waals surface area contributed by atoms with Gasteiger partial charge in [-0.2, -0.15) is 0 Å². The predicted molar refractivity (Wildman–Crippen MR) is 79.6 cm³/mol. The lowest BCUT2D eigenvalue weighted by atomic mass is 10.2. The fourth-order valence-corrected chi connectivity index (χ4v) is 2.26. The molecular formula is C16H22N2O. The molecule has 102 valence electrons. The first kappa shape index (κ1) is 13.8. The van der Waals surface area contributed by atoms with Crippen molar-refractivity contribution in [3.05, 3.63) is 36.5 Å². The number of hydrogen-bond acceptors (Lipinski definition) is 3. The quantitative estimate of drug-likeness (QED) is 0.826. The molecule has 2 aromatic rings. The molecule has 0 amide bonds. The summed E-state index contributed by atoms with van der Waals surface area (Å²) in [6.45, 7) is 5.99. The monoisotopic (exact) mass is 258 g/mol. The van der Waals surface area contributed by atoms with Gasteiger partial charge in [-0.25, -0.2) is 0 Å². The van der Waals surface area contributed by atoms with Gasteiger partial charge >= 0.3 is 0 Å². The molecule has 19 heavy (non-hydrogen) atoms. The van der Waals surface area contributed by atoms with Crippen molar-refractivity contribution in [3.63, 3.8) is 0 Å². The predicted octanol–water partition coefficient (Wildman–Crippen LogP) is 3.39. The fraction of sp³-hybridized carbons (Fsp3) is 0.438. The average Bonchev–Trinajstić information content (AvgIpc) is 2.45. The van der Waals surface area contributed by atoms with Crippen molar-refractivity contribution >= 4 is 10.9 Å². The Kier molecular flexibility index (Phi) is 5.16. The molecule has 0 fully saturated rings. The van der Waals surface area contributed by atoms with Crippen molar-refractivity contribution in [2.75, 3.05) is 13.2 Å². The van der Waals surface area contributed by atoms with Gasteiger partial charge in [0, 0.05) is 17.6 Å². The van der Waals surface area contributed by atoms with Crippen LogP contribution in [0.2, 0.25) is 0 Å². The Morgan fingerprint density at radius 3 is 2.84 bits per heavy atom. The number of pyridine rings is 1. The number of aromatic nitrogens is 1. The van der Waals surface area contributed by atoms with E-state index in [2.05, 4.69) is 36.3 Å². The van der Waals surface area contributed by atoms with Crippen LogP contribution < -0.4 is 10.1 Å². The summed E-state index contributed by atoms with van der Waals surface area (Å²) in [6, 6.07) is 10.5. The second-order valence-corrected chi connectivity index (χ2v) is 4.69. The number of para-hydroxylation sites is 1. The maximum Gasteiger partial charge on any atom is 0.145 e. The zero-order chi connectivity index (χ0) is 13.5. The molecule has 2 rings (SSSR count). The van der Waals surface area contributed by atoms with Crippen molar-refractivity contribution in [1.29, 1.82) is 0 Å². The zero-order valence-corrected chi connectivity index (χ0v) is 11.7. The normalized spacial score (nSPS) is 12.5. The number of fused-ring (bicyclic) bond motifs is 1. The van der Waals surface area contributed by atoms with Gasteiger partial charge in [-0.15, -0.1) is 0 Å². The molecule has 1 aromatic carbocycles. The molecule has 0 radical (unpaired) electrons. The maximum absolute atomic E-state index is 5.96. The van der Waals surface area contributed by atoms with Crippen LogP contribution in [0.4, 0.5) is 0 Å². The molecule has 1 aromatic heterocycles. The molecule has 0 aliphatic rings. The molecule has 0 bridgehead atoms. The first-order chi connectivity index (χ1) is 9.35. The number of rotatable bonds is 7. The van der Waals surface area contributed by atoms with Gasteiger partial charge in [0.05, 0.1) is 0 Å². The van der Waals surface area contributed by atoms with Crippen molar-refractivity contribution in [3.8, 4) is 5.75 Å². The van der Waals surface area contributed by atoms with Gasteiger partial charge in [-0.1, -0.05) is 38.5 Å². The van der Waals surface area contributed by atoms with Crippen molar-refractivity contribution in [1.82, 2.24) is 10.3 Å². The molecule has 1 heterocycles. The largest absolute Gasteiger partial charge is 0.490 e. The van der Waals surface area contributed by atoms with E-state index in [1.807, 2.05) is 24.4 Å². The zero-order valence-electron chi connectivity index (χ0n) is 11.7. The summed E-state index contributed by atoms with van der Waals surface area (Å²) >= 11 is 0. The van der Waals surface area contributed by atoms with E-state index in [0.717, 1.165) is 36.0 Å². The fourth-order valence-electron chi connectivity index (χ4n) is 2.26. The van der Waals surface area contributed by atoms with Crippen LogP contribution in [0.3, 0.4) is 0 Å². The van der Waals surface area contributed by atoms with Gasteiger partial charge in [0.2, 0.25) is 0 Å².